The van der Waals surface area contributed by atoms with Gasteiger partial charge in [0.05, 0.1) is 10.7 Å². The largest absolute Gasteiger partial charge is 0.349 e. The lowest BCUT2D eigenvalue weighted by molar-refractivity contribution is -0.115. The number of anilines is 2. The minimum atomic E-state index is -0.00828. The Bertz CT molecular complexity index is 1070. The normalized spacial score (nSPS) is 15.8. The molecule has 3 nitrogen and oxygen atoms in total. The topological polar surface area (TPSA) is 32.3 Å². The number of para-hydroxylation sites is 1. The van der Waals surface area contributed by atoms with E-state index in [1.165, 1.54) is 21.4 Å². The van der Waals surface area contributed by atoms with Gasteiger partial charge in [-0.05, 0) is 35.4 Å². The molecular weight excluding hydrogens is 352 g/mol. The van der Waals surface area contributed by atoms with Gasteiger partial charge in [-0.25, -0.2) is 0 Å². The fourth-order valence-corrected chi connectivity index (χ4v) is 5.38. The van der Waals surface area contributed by atoms with E-state index in [2.05, 4.69) is 54.7 Å². The van der Waals surface area contributed by atoms with Gasteiger partial charge in [-0.2, -0.15) is 0 Å². The van der Waals surface area contributed by atoms with E-state index in [1.807, 2.05) is 36.5 Å². The van der Waals surface area contributed by atoms with Crippen LogP contribution in [-0.4, -0.2) is 16.6 Å². The molecule has 1 N–H and O–H groups in total. The van der Waals surface area contributed by atoms with E-state index >= 15 is 0 Å². The number of carbonyl (C=O) groups excluding carboxylic acids is 1. The Hall–Kier alpha value is -2.85. The summed E-state index contributed by atoms with van der Waals surface area (Å²) < 4.78 is 0. The first-order chi connectivity index (χ1) is 13.2. The molecule has 0 saturated heterocycles. The number of nitrogens with zero attached hydrogens (tertiary/aromatic N) is 1. The third-order valence-electron chi connectivity index (χ3n) is 4.71. The number of rotatable bonds is 4. The first kappa shape index (κ1) is 17.6. The highest BCUT2D eigenvalue weighted by atomic mass is 32.2. The lowest BCUT2D eigenvalue weighted by Gasteiger charge is -2.16. The molecule has 1 unspecified atom stereocenters. The van der Waals surface area contributed by atoms with Crippen LogP contribution in [0.2, 0.25) is 0 Å². The molecule has 0 fully saturated rings. The average Bonchev–Trinajstić information content (AvgIpc) is 3.06. The predicted octanol–water partition coefficient (Wildman–Crippen LogP) is 5.61. The van der Waals surface area contributed by atoms with Crippen molar-refractivity contribution in [3.63, 3.8) is 0 Å². The highest BCUT2D eigenvalue weighted by Crippen LogP contribution is 2.44. The Kier molecular flexibility index (Phi) is 4.82. The van der Waals surface area contributed by atoms with Gasteiger partial charge in [0.15, 0.2) is 0 Å². The molecule has 0 radical (unpaired) electrons. The molecule has 0 aromatic heterocycles. The summed E-state index contributed by atoms with van der Waals surface area (Å²) in [6.45, 7) is 3.80. The van der Waals surface area contributed by atoms with Crippen LogP contribution in [0.3, 0.4) is 0 Å². The van der Waals surface area contributed by atoms with Gasteiger partial charge < -0.3 is 5.32 Å². The van der Waals surface area contributed by atoms with Crippen LogP contribution in [0.4, 0.5) is 11.4 Å². The summed E-state index contributed by atoms with van der Waals surface area (Å²) in [4.78, 5) is 16.3. The van der Waals surface area contributed by atoms with Crippen LogP contribution in [0.15, 0.2) is 83.9 Å². The van der Waals surface area contributed by atoms with E-state index in [1.54, 1.807) is 11.8 Å². The molecule has 0 aliphatic carbocycles. The first-order valence-electron chi connectivity index (χ1n) is 9.08. The molecular formula is C23H22N2OS. The Morgan fingerprint density at radius 1 is 1.04 bits per heavy atom. The molecule has 1 aliphatic heterocycles. The molecule has 4 heteroatoms. The van der Waals surface area contributed by atoms with Crippen molar-refractivity contribution in [2.75, 3.05) is 16.0 Å². The maximum Gasteiger partial charge on any atom is 0.227 e. The molecule has 0 saturated carbocycles. The summed E-state index contributed by atoms with van der Waals surface area (Å²) in [5.41, 5.74) is 2.08. The summed E-state index contributed by atoms with van der Waals surface area (Å²) in [5.74, 6) is 1.03. The zero-order valence-corrected chi connectivity index (χ0v) is 16.3. The zero-order chi connectivity index (χ0) is 18.8. The summed E-state index contributed by atoms with van der Waals surface area (Å²) in [6.07, 6.45) is 3.93. The summed E-state index contributed by atoms with van der Waals surface area (Å²) >= 11 is 0. The van der Waals surface area contributed by atoms with Crippen molar-refractivity contribution in [3.05, 3.63) is 79.0 Å². The molecule has 1 aliphatic rings. The average molecular weight is 375 g/mol. The Balaban J connectivity index is 1.72. The highest BCUT2D eigenvalue weighted by Gasteiger charge is 2.20. The highest BCUT2D eigenvalue weighted by molar-refractivity contribution is 8.16. The minimum absolute atomic E-state index is 0.00427. The van der Waals surface area contributed by atoms with Gasteiger partial charge in [-0.1, -0.05) is 55.5 Å². The van der Waals surface area contributed by atoms with Crippen LogP contribution in [0, 0.1) is 0 Å². The molecule has 0 bridgehead atoms. The van der Waals surface area contributed by atoms with Gasteiger partial charge >= 0.3 is 0 Å². The van der Waals surface area contributed by atoms with Gasteiger partial charge in [-0.15, -0.1) is 10.5 Å². The number of nitrogens with one attached hydrogen (secondary N) is 1. The van der Waals surface area contributed by atoms with Crippen molar-refractivity contribution in [2.24, 2.45) is 0 Å². The van der Waals surface area contributed by atoms with Crippen molar-refractivity contribution >= 4 is 43.5 Å². The standard InChI is InChI=1S/C23H22N2OS/c1-3-27-21-14-13-18-9-7-8-12-20(18)23(21)24-22(27)15-16-25(17(2)26)19-10-5-4-6-11-19/h4-16,24H,3H2,1-2H3. The Labute approximate surface area is 162 Å². The van der Waals surface area contributed by atoms with Crippen molar-refractivity contribution in [1.82, 2.24) is 0 Å². The maximum absolute atomic E-state index is 12.1. The van der Waals surface area contributed by atoms with E-state index in [0.29, 0.717) is 0 Å². The van der Waals surface area contributed by atoms with E-state index in [0.717, 1.165) is 16.4 Å². The molecule has 4 rings (SSSR count). The van der Waals surface area contributed by atoms with E-state index in [9.17, 15) is 4.79 Å². The second-order valence-corrected chi connectivity index (χ2v) is 8.61. The molecule has 0 spiro atoms. The van der Waals surface area contributed by atoms with Crippen LogP contribution in [0.25, 0.3) is 10.8 Å². The van der Waals surface area contributed by atoms with Gasteiger partial charge in [0, 0.05) is 29.1 Å². The fraction of sp³-hybridized carbons (Fsp3) is 0.130. The summed E-state index contributed by atoms with van der Waals surface area (Å²) in [5, 5.41) is 6.11. The second-order valence-electron chi connectivity index (χ2n) is 6.37. The van der Waals surface area contributed by atoms with Crippen molar-refractivity contribution in [2.45, 2.75) is 18.7 Å². The van der Waals surface area contributed by atoms with E-state index < -0.39 is 0 Å². The van der Waals surface area contributed by atoms with Crippen molar-refractivity contribution < 1.29 is 4.79 Å². The lowest BCUT2D eigenvalue weighted by Crippen LogP contribution is -2.22. The van der Waals surface area contributed by atoms with Crippen LogP contribution in [0.1, 0.15) is 13.8 Å². The smallest absolute Gasteiger partial charge is 0.227 e. The van der Waals surface area contributed by atoms with Crippen molar-refractivity contribution in [1.29, 1.82) is 0 Å². The number of carbonyl (C=O) groups is 1. The molecule has 3 aromatic rings. The quantitative estimate of drug-likeness (QED) is 0.475. The predicted molar refractivity (Wildman–Crippen MR) is 118 cm³/mol. The number of hydrogen-bond donors (Lipinski definition) is 1. The number of amides is 1. The fourth-order valence-electron chi connectivity index (χ4n) is 3.43. The van der Waals surface area contributed by atoms with Crippen LogP contribution in [0.5, 0.6) is 0 Å². The van der Waals surface area contributed by atoms with Crippen LogP contribution < -0.4 is 10.2 Å². The van der Waals surface area contributed by atoms with Gasteiger partial charge in [0.25, 0.3) is 0 Å². The molecule has 1 amide bonds. The Morgan fingerprint density at radius 2 is 1.78 bits per heavy atom. The van der Waals surface area contributed by atoms with Gasteiger partial charge in [-0.3, -0.25) is 9.69 Å². The van der Waals surface area contributed by atoms with Crippen LogP contribution >= 0.6 is 10.5 Å². The van der Waals surface area contributed by atoms with Gasteiger partial charge in [0.2, 0.25) is 5.91 Å². The number of benzene rings is 3. The maximum atomic E-state index is 12.1. The van der Waals surface area contributed by atoms with Crippen molar-refractivity contribution in [3.8, 4) is 0 Å². The third-order valence-corrected chi connectivity index (χ3v) is 6.92. The first-order valence-corrected chi connectivity index (χ1v) is 10.5. The third kappa shape index (κ3) is 3.28. The molecule has 1 heterocycles. The minimum Gasteiger partial charge on any atom is -0.349 e. The van der Waals surface area contributed by atoms with Gasteiger partial charge in [0.1, 0.15) is 0 Å². The molecule has 3 aromatic carbocycles. The zero-order valence-electron chi connectivity index (χ0n) is 15.5. The van der Waals surface area contributed by atoms with Crippen LogP contribution in [-0.2, 0) is 4.79 Å². The number of fused-ring (bicyclic) bond motifs is 3. The van der Waals surface area contributed by atoms with E-state index in [4.69, 9.17) is 0 Å². The molecule has 1 atom stereocenters. The SMILES string of the molecule is CCS1=C(C=CN(C(C)=O)c2ccccc2)Nc2c1ccc1ccccc21. The number of hydrogen-bond acceptors (Lipinski definition) is 2. The monoisotopic (exact) mass is 374 g/mol. The molecule has 136 valence electrons. The summed E-state index contributed by atoms with van der Waals surface area (Å²) in [7, 11) is -0.00828. The Morgan fingerprint density at radius 3 is 2.52 bits per heavy atom. The second kappa shape index (κ2) is 7.41. The summed E-state index contributed by atoms with van der Waals surface area (Å²) in [6, 6.07) is 22.6. The van der Waals surface area contributed by atoms with E-state index in [-0.39, 0.29) is 16.4 Å². The molecule has 27 heavy (non-hydrogen) atoms. The lowest BCUT2D eigenvalue weighted by atomic mass is 10.1.